The number of hydrogen-bond donors (Lipinski definition) is 3. The molecule has 1 aliphatic carbocycles. The second-order valence-corrected chi connectivity index (χ2v) is 10.1. The van der Waals surface area contributed by atoms with E-state index in [0.29, 0.717) is 17.6 Å². The minimum absolute atomic E-state index is 0.0274. The predicted octanol–water partition coefficient (Wildman–Crippen LogP) is 4.17. The number of nitrogens with one attached hydrogen (secondary N) is 1. The van der Waals surface area contributed by atoms with Crippen LogP contribution in [-0.4, -0.2) is 53.2 Å². The van der Waals surface area contributed by atoms with Crippen LogP contribution in [0.1, 0.15) is 70.8 Å². The maximum atomic E-state index is 12.9. The van der Waals surface area contributed by atoms with Crippen molar-refractivity contribution in [3.8, 4) is 5.75 Å². The molecule has 0 spiro atoms. The van der Waals surface area contributed by atoms with Crippen LogP contribution in [0.2, 0.25) is 0 Å². The van der Waals surface area contributed by atoms with Crippen molar-refractivity contribution in [2.75, 3.05) is 26.2 Å². The van der Waals surface area contributed by atoms with Crippen LogP contribution in [0.5, 0.6) is 5.75 Å². The molecule has 1 heterocycles. The molecule has 1 aromatic rings. The van der Waals surface area contributed by atoms with E-state index in [4.69, 9.17) is 5.11 Å². The highest BCUT2D eigenvalue weighted by Gasteiger charge is 2.38. The number of carbonyl (C=O) groups excluding carboxylic acids is 1. The van der Waals surface area contributed by atoms with Crippen LogP contribution in [0.15, 0.2) is 24.3 Å². The summed E-state index contributed by atoms with van der Waals surface area (Å²) in [7, 11) is 0. The van der Waals surface area contributed by atoms with E-state index in [1.807, 2.05) is 12.1 Å². The first kappa shape index (κ1) is 24.6. The number of likely N-dealkylation sites (tertiary alicyclic amines) is 1. The molecule has 0 radical (unpaired) electrons. The van der Waals surface area contributed by atoms with Crippen molar-refractivity contribution in [3.63, 3.8) is 0 Å². The molecule has 3 atom stereocenters. The Morgan fingerprint density at radius 3 is 2.66 bits per heavy atom. The Bertz CT molecular complexity index is 777. The van der Waals surface area contributed by atoms with Gasteiger partial charge in [-0.15, -0.1) is 0 Å². The Kier molecular flexibility index (Phi) is 8.57. The zero-order chi connectivity index (χ0) is 23.1. The number of benzene rings is 1. The molecule has 2 aliphatic rings. The third-order valence-corrected chi connectivity index (χ3v) is 8.02. The molecule has 0 bridgehead atoms. The normalized spacial score (nSPS) is 25.9. The zero-order valence-electron chi connectivity index (χ0n) is 19.7. The van der Waals surface area contributed by atoms with Gasteiger partial charge in [0.15, 0.2) is 0 Å². The summed E-state index contributed by atoms with van der Waals surface area (Å²) >= 11 is 0. The number of aromatic hydroxyl groups is 1. The molecular weight excluding hydrogens is 404 g/mol. The van der Waals surface area contributed by atoms with Gasteiger partial charge >= 0.3 is 5.97 Å². The zero-order valence-corrected chi connectivity index (χ0v) is 19.7. The van der Waals surface area contributed by atoms with Gasteiger partial charge in [0, 0.05) is 19.0 Å². The summed E-state index contributed by atoms with van der Waals surface area (Å²) in [6, 6.07) is 7.66. The van der Waals surface area contributed by atoms with Gasteiger partial charge in [0.2, 0.25) is 5.91 Å². The van der Waals surface area contributed by atoms with E-state index in [1.54, 1.807) is 6.07 Å². The summed E-state index contributed by atoms with van der Waals surface area (Å²) in [5.41, 5.74) is 1.23. The number of piperidine rings is 1. The van der Waals surface area contributed by atoms with Crippen molar-refractivity contribution in [1.82, 2.24) is 10.2 Å². The Morgan fingerprint density at radius 1 is 1.25 bits per heavy atom. The van der Waals surface area contributed by atoms with Crippen LogP contribution in [0, 0.1) is 17.8 Å². The minimum Gasteiger partial charge on any atom is -0.508 e. The smallest absolute Gasteiger partial charge is 0.305 e. The summed E-state index contributed by atoms with van der Waals surface area (Å²) in [6.07, 6.45) is 7.66. The summed E-state index contributed by atoms with van der Waals surface area (Å²) < 4.78 is 0. The molecule has 32 heavy (non-hydrogen) atoms. The fourth-order valence-electron chi connectivity index (χ4n) is 5.67. The van der Waals surface area contributed by atoms with Gasteiger partial charge in [0.1, 0.15) is 5.75 Å². The summed E-state index contributed by atoms with van der Waals surface area (Å²) in [4.78, 5) is 26.2. The lowest BCUT2D eigenvalue weighted by atomic mass is 9.68. The number of carboxylic acid groups (broad SMARTS) is 1. The average molecular weight is 445 g/mol. The maximum absolute atomic E-state index is 12.9. The monoisotopic (exact) mass is 444 g/mol. The summed E-state index contributed by atoms with van der Waals surface area (Å²) in [6.45, 7) is 7.64. The molecule has 2 fully saturated rings. The van der Waals surface area contributed by atoms with Gasteiger partial charge in [0.05, 0.1) is 6.42 Å². The van der Waals surface area contributed by atoms with Crippen LogP contribution in [0.25, 0.3) is 0 Å². The number of amides is 1. The minimum atomic E-state index is -0.878. The molecule has 1 aromatic carbocycles. The first-order valence-electron chi connectivity index (χ1n) is 12.3. The number of rotatable bonds is 9. The van der Waals surface area contributed by atoms with Gasteiger partial charge in [-0.3, -0.25) is 9.59 Å². The molecule has 1 saturated heterocycles. The second kappa shape index (κ2) is 11.2. The highest BCUT2D eigenvalue weighted by atomic mass is 16.4. The molecule has 1 saturated carbocycles. The first-order valence-corrected chi connectivity index (χ1v) is 12.3. The molecule has 3 unspecified atom stereocenters. The van der Waals surface area contributed by atoms with Crippen molar-refractivity contribution in [3.05, 3.63) is 29.8 Å². The number of phenolic OH excluding ortho intramolecular Hbond substituents is 1. The predicted molar refractivity (Wildman–Crippen MR) is 126 cm³/mol. The molecule has 0 aromatic heterocycles. The molecule has 1 aliphatic heterocycles. The number of carbonyl (C=O) groups is 2. The molecule has 3 rings (SSSR count). The topological polar surface area (TPSA) is 89.9 Å². The number of aliphatic carboxylic acids is 1. The SMILES string of the molecule is CC1CN(CCC(C(=O)NCCC(=O)O)C2CCCCC2)CCC1(C)c1cccc(O)c1. The molecular formula is C26H40N2O4. The Hall–Kier alpha value is -2.08. The Labute approximate surface area is 192 Å². The fourth-order valence-corrected chi connectivity index (χ4v) is 5.67. The Balaban J connectivity index is 1.58. The highest BCUT2D eigenvalue weighted by Crippen LogP contribution is 2.40. The third-order valence-electron chi connectivity index (χ3n) is 8.02. The Morgan fingerprint density at radius 2 is 2.00 bits per heavy atom. The molecule has 6 nitrogen and oxygen atoms in total. The lowest BCUT2D eigenvalue weighted by molar-refractivity contribution is -0.137. The van der Waals surface area contributed by atoms with Crippen LogP contribution >= 0.6 is 0 Å². The van der Waals surface area contributed by atoms with Crippen LogP contribution < -0.4 is 5.32 Å². The van der Waals surface area contributed by atoms with E-state index in [0.717, 1.165) is 45.3 Å². The van der Waals surface area contributed by atoms with E-state index in [-0.39, 0.29) is 30.2 Å². The van der Waals surface area contributed by atoms with Crippen molar-refractivity contribution in [1.29, 1.82) is 0 Å². The van der Waals surface area contributed by atoms with Crippen molar-refractivity contribution in [2.24, 2.45) is 17.8 Å². The van der Waals surface area contributed by atoms with E-state index >= 15 is 0 Å². The molecule has 1 amide bonds. The van der Waals surface area contributed by atoms with Gasteiger partial charge < -0.3 is 20.4 Å². The lowest BCUT2D eigenvalue weighted by Gasteiger charge is -2.45. The van der Waals surface area contributed by atoms with Gasteiger partial charge in [-0.05, 0) is 73.7 Å². The van der Waals surface area contributed by atoms with E-state index in [9.17, 15) is 14.7 Å². The van der Waals surface area contributed by atoms with Crippen molar-refractivity contribution >= 4 is 11.9 Å². The second-order valence-electron chi connectivity index (χ2n) is 10.1. The van der Waals surface area contributed by atoms with Crippen molar-refractivity contribution < 1.29 is 19.8 Å². The number of hydrogen-bond acceptors (Lipinski definition) is 4. The van der Waals surface area contributed by atoms with Gasteiger partial charge in [-0.1, -0.05) is 45.2 Å². The van der Waals surface area contributed by atoms with Gasteiger partial charge in [0.25, 0.3) is 0 Å². The third kappa shape index (κ3) is 6.25. The molecule has 6 heteroatoms. The average Bonchev–Trinajstić information content (AvgIpc) is 2.77. The van der Waals surface area contributed by atoms with Crippen LogP contribution in [0.3, 0.4) is 0 Å². The quantitative estimate of drug-likeness (QED) is 0.532. The van der Waals surface area contributed by atoms with E-state index < -0.39 is 5.97 Å². The van der Waals surface area contributed by atoms with Crippen LogP contribution in [0.4, 0.5) is 0 Å². The molecule has 178 valence electrons. The highest BCUT2D eigenvalue weighted by molar-refractivity contribution is 5.79. The largest absolute Gasteiger partial charge is 0.508 e. The lowest BCUT2D eigenvalue weighted by Crippen LogP contribution is -2.48. The number of phenols is 1. The van der Waals surface area contributed by atoms with E-state index in [1.165, 1.54) is 24.8 Å². The van der Waals surface area contributed by atoms with E-state index in [2.05, 4.69) is 30.1 Å². The summed E-state index contributed by atoms with van der Waals surface area (Å²) in [5, 5.41) is 21.7. The van der Waals surface area contributed by atoms with Crippen LogP contribution in [-0.2, 0) is 15.0 Å². The maximum Gasteiger partial charge on any atom is 0.305 e. The van der Waals surface area contributed by atoms with Gasteiger partial charge in [-0.25, -0.2) is 0 Å². The summed E-state index contributed by atoms with van der Waals surface area (Å²) in [5.74, 6) is 0.301. The number of carboxylic acids is 1. The molecule has 3 N–H and O–H groups in total. The van der Waals surface area contributed by atoms with Crippen molar-refractivity contribution in [2.45, 2.75) is 70.6 Å². The first-order chi connectivity index (χ1) is 15.3. The number of nitrogens with zero attached hydrogens (tertiary/aromatic N) is 1. The van der Waals surface area contributed by atoms with Gasteiger partial charge in [-0.2, -0.15) is 0 Å². The fraction of sp³-hybridized carbons (Fsp3) is 0.692. The standard InChI is InChI=1S/C26H40N2O4/c1-19-18-28(16-13-26(19,2)21-9-6-10-22(29)17-21)15-12-23(20-7-4-3-5-8-20)25(32)27-14-11-24(30)31/h6,9-10,17,19-20,23,29H,3-5,7-8,11-16,18H2,1-2H3,(H,27,32)(H,30,31).